The van der Waals surface area contributed by atoms with Crippen LogP contribution in [0.2, 0.25) is 0 Å². The SMILES string of the molecule is CNCc1cc(COc2ccc(C)cc2Br)c(C)o1. The summed E-state index contributed by atoms with van der Waals surface area (Å²) < 4.78 is 12.4. The molecular formula is C15H18BrNO2. The third-order valence-electron chi connectivity index (χ3n) is 2.89. The van der Waals surface area contributed by atoms with Crippen LogP contribution in [0, 0.1) is 13.8 Å². The van der Waals surface area contributed by atoms with Crippen LogP contribution < -0.4 is 10.1 Å². The number of nitrogens with one attached hydrogen (secondary N) is 1. The van der Waals surface area contributed by atoms with Crippen molar-refractivity contribution in [2.75, 3.05) is 7.05 Å². The Bertz CT molecular complexity index is 563. The van der Waals surface area contributed by atoms with Crippen molar-refractivity contribution in [3.63, 3.8) is 0 Å². The van der Waals surface area contributed by atoms with Crippen LogP contribution in [-0.2, 0) is 13.2 Å². The van der Waals surface area contributed by atoms with E-state index in [-0.39, 0.29) is 0 Å². The van der Waals surface area contributed by atoms with Gasteiger partial charge in [-0.3, -0.25) is 0 Å². The summed E-state index contributed by atoms with van der Waals surface area (Å²) in [5.41, 5.74) is 2.28. The highest BCUT2D eigenvalue weighted by molar-refractivity contribution is 9.10. The van der Waals surface area contributed by atoms with E-state index in [0.717, 1.165) is 33.9 Å². The first-order chi connectivity index (χ1) is 9.10. The molecule has 2 aromatic rings. The number of aryl methyl sites for hydroxylation is 2. The summed E-state index contributed by atoms with van der Waals surface area (Å²) in [6, 6.07) is 8.09. The van der Waals surface area contributed by atoms with Crippen LogP contribution in [0.25, 0.3) is 0 Å². The molecule has 0 fully saturated rings. The summed E-state index contributed by atoms with van der Waals surface area (Å²) in [5.74, 6) is 2.69. The number of hydrogen-bond donors (Lipinski definition) is 1. The Hall–Kier alpha value is -1.26. The van der Waals surface area contributed by atoms with E-state index in [0.29, 0.717) is 6.61 Å². The van der Waals surface area contributed by atoms with Crippen LogP contribution in [0.1, 0.15) is 22.6 Å². The summed E-state index contributed by atoms with van der Waals surface area (Å²) in [6.45, 7) is 5.26. The van der Waals surface area contributed by atoms with E-state index >= 15 is 0 Å². The van der Waals surface area contributed by atoms with E-state index in [9.17, 15) is 0 Å². The third kappa shape index (κ3) is 3.61. The van der Waals surface area contributed by atoms with Gasteiger partial charge in [0.15, 0.2) is 0 Å². The summed E-state index contributed by atoms with van der Waals surface area (Å²) in [6.07, 6.45) is 0. The highest BCUT2D eigenvalue weighted by Crippen LogP contribution is 2.27. The first-order valence-electron chi connectivity index (χ1n) is 6.22. The molecule has 0 radical (unpaired) electrons. The summed E-state index contributed by atoms with van der Waals surface area (Å²) >= 11 is 3.51. The van der Waals surface area contributed by atoms with Crippen LogP contribution >= 0.6 is 15.9 Å². The number of halogens is 1. The summed E-state index contributed by atoms with van der Waals surface area (Å²) in [7, 11) is 1.90. The molecular weight excluding hydrogens is 306 g/mol. The normalized spacial score (nSPS) is 10.7. The molecule has 0 aliphatic rings. The van der Waals surface area contributed by atoms with Gasteiger partial charge in [0.2, 0.25) is 0 Å². The zero-order valence-electron chi connectivity index (χ0n) is 11.4. The Labute approximate surface area is 122 Å². The maximum Gasteiger partial charge on any atom is 0.134 e. The van der Waals surface area contributed by atoms with Crippen molar-refractivity contribution in [2.45, 2.75) is 27.0 Å². The van der Waals surface area contributed by atoms with Gasteiger partial charge in [-0.25, -0.2) is 0 Å². The minimum atomic E-state index is 0.515. The molecule has 4 heteroatoms. The fraction of sp³-hybridized carbons (Fsp3) is 0.333. The lowest BCUT2D eigenvalue weighted by Gasteiger charge is -2.08. The number of furan rings is 1. The molecule has 0 amide bonds. The van der Waals surface area contributed by atoms with Gasteiger partial charge in [0.25, 0.3) is 0 Å². The topological polar surface area (TPSA) is 34.4 Å². The van der Waals surface area contributed by atoms with Crippen molar-refractivity contribution < 1.29 is 9.15 Å². The van der Waals surface area contributed by atoms with Crippen molar-refractivity contribution in [3.8, 4) is 5.75 Å². The van der Waals surface area contributed by atoms with Gasteiger partial charge in [0, 0.05) is 5.56 Å². The minimum absolute atomic E-state index is 0.515. The van der Waals surface area contributed by atoms with Crippen LogP contribution in [0.15, 0.2) is 33.2 Å². The average molecular weight is 324 g/mol. The van der Waals surface area contributed by atoms with Gasteiger partial charge < -0.3 is 14.5 Å². The lowest BCUT2D eigenvalue weighted by atomic mass is 10.2. The largest absolute Gasteiger partial charge is 0.488 e. The second-order valence-electron chi connectivity index (χ2n) is 4.55. The van der Waals surface area contributed by atoms with Gasteiger partial charge in [0.05, 0.1) is 11.0 Å². The van der Waals surface area contributed by atoms with Crippen LogP contribution in [0.4, 0.5) is 0 Å². The monoisotopic (exact) mass is 323 g/mol. The molecule has 0 saturated carbocycles. The Kier molecular flexibility index (Phi) is 4.66. The Morgan fingerprint density at radius 2 is 2.05 bits per heavy atom. The molecule has 0 bridgehead atoms. The van der Waals surface area contributed by atoms with Gasteiger partial charge in [-0.2, -0.15) is 0 Å². The first kappa shape index (κ1) is 14.2. The van der Waals surface area contributed by atoms with Gasteiger partial charge in [-0.15, -0.1) is 0 Å². The van der Waals surface area contributed by atoms with Crippen LogP contribution in [0.3, 0.4) is 0 Å². The molecule has 0 aliphatic heterocycles. The first-order valence-corrected chi connectivity index (χ1v) is 7.01. The Morgan fingerprint density at radius 1 is 1.26 bits per heavy atom. The summed E-state index contributed by atoms with van der Waals surface area (Å²) in [4.78, 5) is 0. The van der Waals surface area contributed by atoms with E-state index in [4.69, 9.17) is 9.15 Å². The predicted molar refractivity (Wildman–Crippen MR) is 79.4 cm³/mol. The number of rotatable bonds is 5. The van der Waals surface area contributed by atoms with Gasteiger partial charge in [-0.05, 0) is 60.6 Å². The zero-order valence-corrected chi connectivity index (χ0v) is 13.0. The van der Waals surface area contributed by atoms with E-state index in [1.54, 1.807) is 0 Å². The maximum atomic E-state index is 5.82. The molecule has 19 heavy (non-hydrogen) atoms. The zero-order chi connectivity index (χ0) is 13.8. The van der Waals surface area contributed by atoms with Crippen molar-refractivity contribution in [1.82, 2.24) is 5.32 Å². The molecule has 3 nitrogen and oxygen atoms in total. The number of ether oxygens (including phenoxy) is 1. The highest BCUT2D eigenvalue weighted by atomic mass is 79.9. The maximum absolute atomic E-state index is 5.82. The average Bonchev–Trinajstić information content (AvgIpc) is 2.69. The van der Waals surface area contributed by atoms with E-state index < -0.39 is 0 Å². The molecule has 0 unspecified atom stereocenters. The van der Waals surface area contributed by atoms with E-state index in [2.05, 4.69) is 28.2 Å². The van der Waals surface area contributed by atoms with E-state index in [1.807, 2.05) is 38.2 Å². The summed E-state index contributed by atoms with van der Waals surface area (Å²) in [5, 5.41) is 3.07. The highest BCUT2D eigenvalue weighted by Gasteiger charge is 2.08. The second kappa shape index (κ2) is 6.26. The minimum Gasteiger partial charge on any atom is -0.488 e. The third-order valence-corrected chi connectivity index (χ3v) is 3.51. The molecule has 2 rings (SSSR count). The lowest BCUT2D eigenvalue weighted by Crippen LogP contribution is -2.03. The van der Waals surface area contributed by atoms with E-state index in [1.165, 1.54) is 5.56 Å². The lowest BCUT2D eigenvalue weighted by molar-refractivity contribution is 0.301. The number of benzene rings is 1. The Morgan fingerprint density at radius 3 is 2.74 bits per heavy atom. The smallest absolute Gasteiger partial charge is 0.134 e. The van der Waals surface area contributed by atoms with Gasteiger partial charge in [-0.1, -0.05) is 6.07 Å². The Balaban J connectivity index is 2.05. The second-order valence-corrected chi connectivity index (χ2v) is 5.40. The predicted octanol–water partition coefficient (Wildman–Crippen LogP) is 3.96. The van der Waals surface area contributed by atoms with Crippen molar-refractivity contribution in [3.05, 3.63) is 51.4 Å². The molecule has 1 N–H and O–H groups in total. The fourth-order valence-electron chi connectivity index (χ4n) is 1.87. The molecule has 1 aromatic carbocycles. The van der Waals surface area contributed by atoms with Crippen molar-refractivity contribution >= 4 is 15.9 Å². The molecule has 102 valence electrons. The molecule has 0 aliphatic carbocycles. The quantitative estimate of drug-likeness (QED) is 0.904. The van der Waals surface area contributed by atoms with Crippen molar-refractivity contribution in [1.29, 1.82) is 0 Å². The molecule has 1 aromatic heterocycles. The molecule has 0 spiro atoms. The number of hydrogen-bond acceptors (Lipinski definition) is 3. The van der Waals surface area contributed by atoms with Crippen molar-refractivity contribution in [2.24, 2.45) is 0 Å². The van der Waals surface area contributed by atoms with Crippen LogP contribution in [-0.4, -0.2) is 7.05 Å². The van der Waals surface area contributed by atoms with Crippen LogP contribution in [0.5, 0.6) is 5.75 Å². The van der Waals surface area contributed by atoms with Gasteiger partial charge in [0.1, 0.15) is 23.9 Å². The molecule has 0 atom stereocenters. The standard InChI is InChI=1S/C15H18BrNO2/c1-10-4-5-15(14(16)6-10)18-9-12-7-13(8-17-3)19-11(12)2/h4-7,17H,8-9H2,1-3H3. The molecule has 1 heterocycles. The molecule has 0 saturated heterocycles. The van der Waals surface area contributed by atoms with Gasteiger partial charge >= 0.3 is 0 Å². The fourth-order valence-corrected chi connectivity index (χ4v) is 2.48.